The number of hydrogen-bond donors (Lipinski definition) is 0. The lowest BCUT2D eigenvalue weighted by Gasteiger charge is -2.33. The van der Waals surface area contributed by atoms with Crippen LogP contribution in [0.3, 0.4) is 0 Å². The minimum atomic E-state index is 0. The summed E-state index contributed by atoms with van der Waals surface area (Å²) in [6.45, 7) is 6.77. The molecular formula is C13H28Cl2N2O2. The zero-order valence-corrected chi connectivity index (χ0v) is 14.1. The summed E-state index contributed by atoms with van der Waals surface area (Å²) in [5.41, 5.74) is 0. The normalized spacial score (nSPS) is 25.3. The summed E-state index contributed by atoms with van der Waals surface area (Å²) in [4.78, 5) is 0. The SMILES string of the molecule is C[N+](C)(CCC[N+](C)(C)CC1CO1)CC1CO1.[Cl-].[Cl-]. The van der Waals surface area contributed by atoms with Crippen molar-refractivity contribution >= 4 is 0 Å². The van der Waals surface area contributed by atoms with Crippen LogP contribution in [0.4, 0.5) is 0 Å². The Bertz CT molecular complexity index is 241. The third-order valence-corrected chi connectivity index (χ3v) is 3.73. The van der Waals surface area contributed by atoms with Crippen molar-refractivity contribution in [3.63, 3.8) is 0 Å². The van der Waals surface area contributed by atoms with E-state index in [9.17, 15) is 0 Å². The highest BCUT2D eigenvalue weighted by molar-refractivity contribution is 4.68. The highest BCUT2D eigenvalue weighted by atomic mass is 35.5. The average molecular weight is 315 g/mol. The maximum Gasteiger partial charge on any atom is 0.130 e. The van der Waals surface area contributed by atoms with Crippen LogP contribution in [0.25, 0.3) is 0 Å². The molecule has 116 valence electrons. The van der Waals surface area contributed by atoms with Gasteiger partial charge in [-0.3, -0.25) is 0 Å². The van der Waals surface area contributed by atoms with Crippen LogP contribution < -0.4 is 24.8 Å². The number of halogens is 2. The maximum absolute atomic E-state index is 5.32. The van der Waals surface area contributed by atoms with Crippen molar-refractivity contribution in [3.8, 4) is 0 Å². The lowest BCUT2D eigenvalue weighted by molar-refractivity contribution is -0.909. The van der Waals surface area contributed by atoms with Gasteiger partial charge in [-0.05, 0) is 0 Å². The van der Waals surface area contributed by atoms with Gasteiger partial charge in [0.05, 0.1) is 54.5 Å². The topological polar surface area (TPSA) is 25.1 Å². The summed E-state index contributed by atoms with van der Waals surface area (Å²) in [5, 5.41) is 0. The molecule has 0 aromatic rings. The van der Waals surface area contributed by atoms with E-state index in [0.717, 1.165) is 22.2 Å². The summed E-state index contributed by atoms with van der Waals surface area (Å²) in [5.74, 6) is 0. The molecule has 2 unspecified atom stereocenters. The van der Waals surface area contributed by atoms with Crippen LogP contribution in [-0.4, -0.2) is 88.8 Å². The van der Waals surface area contributed by atoms with E-state index in [0.29, 0.717) is 12.2 Å². The molecule has 0 aliphatic carbocycles. The summed E-state index contributed by atoms with van der Waals surface area (Å²) in [6.07, 6.45) is 2.35. The smallest absolute Gasteiger partial charge is 0.130 e. The van der Waals surface area contributed by atoms with Crippen molar-refractivity contribution in [1.29, 1.82) is 0 Å². The molecule has 6 heteroatoms. The average Bonchev–Trinajstić information content (AvgIpc) is 2.99. The van der Waals surface area contributed by atoms with E-state index in [1.54, 1.807) is 0 Å². The summed E-state index contributed by atoms with van der Waals surface area (Å²) < 4.78 is 12.8. The van der Waals surface area contributed by atoms with Gasteiger partial charge in [-0.15, -0.1) is 0 Å². The quantitative estimate of drug-likeness (QED) is 0.330. The minimum Gasteiger partial charge on any atom is -1.00 e. The Balaban J connectivity index is 0.00000162. The van der Waals surface area contributed by atoms with E-state index in [-0.39, 0.29) is 24.8 Å². The first-order valence-corrected chi connectivity index (χ1v) is 6.74. The molecule has 2 aliphatic heterocycles. The molecule has 0 aromatic heterocycles. The number of epoxide rings is 2. The van der Waals surface area contributed by atoms with Gasteiger partial charge in [-0.2, -0.15) is 0 Å². The predicted octanol–water partition coefficient (Wildman–Crippen LogP) is -5.67. The van der Waals surface area contributed by atoms with Crippen molar-refractivity contribution in [2.45, 2.75) is 18.6 Å². The van der Waals surface area contributed by atoms with Gasteiger partial charge in [0.15, 0.2) is 0 Å². The second-order valence-electron chi connectivity index (χ2n) is 6.95. The number of likely N-dealkylation sites (N-methyl/N-ethyl adjacent to an activating group) is 2. The molecule has 0 bridgehead atoms. The van der Waals surface area contributed by atoms with Gasteiger partial charge in [0.2, 0.25) is 0 Å². The molecule has 0 spiro atoms. The predicted molar refractivity (Wildman–Crippen MR) is 67.8 cm³/mol. The number of ether oxygens (including phenoxy) is 2. The van der Waals surface area contributed by atoms with Gasteiger partial charge in [-0.25, -0.2) is 0 Å². The second kappa shape index (κ2) is 7.43. The van der Waals surface area contributed by atoms with Crippen LogP contribution in [-0.2, 0) is 9.47 Å². The highest BCUT2D eigenvalue weighted by Gasteiger charge is 2.33. The van der Waals surface area contributed by atoms with Gasteiger partial charge in [0, 0.05) is 6.42 Å². The molecular weight excluding hydrogens is 287 g/mol. The van der Waals surface area contributed by atoms with Crippen LogP contribution in [0.15, 0.2) is 0 Å². The fourth-order valence-corrected chi connectivity index (χ4v) is 2.56. The first-order valence-electron chi connectivity index (χ1n) is 6.74. The number of rotatable bonds is 8. The fourth-order valence-electron chi connectivity index (χ4n) is 2.56. The van der Waals surface area contributed by atoms with Gasteiger partial charge in [-0.1, -0.05) is 0 Å². The van der Waals surface area contributed by atoms with E-state index in [1.165, 1.54) is 32.6 Å². The third-order valence-electron chi connectivity index (χ3n) is 3.73. The summed E-state index contributed by atoms with van der Waals surface area (Å²) in [6, 6.07) is 0. The third kappa shape index (κ3) is 8.33. The first kappa shape index (κ1) is 19.4. The van der Waals surface area contributed by atoms with Crippen molar-refractivity contribution < 1.29 is 43.3 Å². The Labute approximate surface area is 130 Å². The van der Waals surface area contributed by atoms with E-state index >= 15 is 0 Å². The van der Waals surface area contributed by atoms with E-state index in [4.69, 9.17) is 9.47 Å². The standard InChI is InChI=1S/C13H28N2O2.2ClH/c1-14(2,8-12-10-16-12)6-5-7-15(3,4)9-13-11-17-13;;/h12-13H,5-11H2,1-4H3;2*1H/q+2;;/p-2. The Kier molecular flexibility index (Phi) is 7.60. The number of hydrogen-bond acceptors (Lipinski definition) is 2. The first-order chi connectivity index (χ1) is 7.86. The molecule has 2 atom stereocenters. The molecule has 2 rings (SSSR count). The molecule has 0 amide bonds. The molecule has 0 N–H and O–H groups in total. The van der Waals surface area contributed by atoms with Crippen molar-refractivity contribution in [1.82, 2.24) is 0 Å². The molecule has 2 saturated heterocycles. The van der Waals surface area contributed by atoms with Crippen LogP contribution >= 0.6 is 0 Å². The Hall–Kier alpha value is 0.420. The monoisotopic (exact) mass is 314 g/mol. The molecule has 0 saturated carbocycles. The van der Waals surface area contributed by atoms with Gasteiger partial charge in [0.1, 0.15) is 25.3 Å². The van der Waals surface area contributed by atoms with Crippen LogP contribution in [0.2, 0.25) is 0 Å². The van der Waals surface area contributed by atoms with Crippen LogP contribution in [0, 0.1) is 0 Å². The lowest BCUT2D eigenvalue weighted by atomic mass is 10.2. The van der Waals surface area contributed by atoms with E-state index in [1.807, 2.05) is 0 Å². The van der Waals surface area contributed by atoms with Crippen molar-refractivity contribution in [3.05, 3.63) is 0 Å². The number of nitrogens with zero attached hydrogens (tertiary/aromatic N) is 2. The molecule has 0 radical (unpaired) electrons. The van der Waals surface area contributed by atoms with Crippen LogP contribution in [0.1, 0.15) is 6.42 Å². The zero-order chi connectivity index (χ0) is 12.5. The van der Waals surface area contributed by atoms with Gasteiger partial charge >= 0.3 is 0 Å². The Morgan fingerprint density at radius 1 is 0.789 bits per heavy atom. The molecule has 2 heterocycles. The maximum atomic E-state index is 5.32. The van der Waals surface area contributed by atoms with E-state index in [2.05, 4.69) is 28.2 Å². The molecule has 2 fully saturated rings. The number of quaternary nitrogens is 2. The summed E-state index contributed by atoms with van der Waals surface area (Å²) in [7, 11) is 9.24. The summed E-state index contributed by atoms with van der Waals surface area (Å²) >= 11 is 0. The van der Waals surface area contributed by atoms with E-state index < -0.39 is 0 Å². The fraction of sp³-hybridized carbons (Fsp3) is 1.00. The molecule has 0 aromatic carbocycles. The van der Waals surface area contributed by atoms with Gasteiger partial charge < -0.3 is 43.3 Å². The van der Waals surface area contributed by atoms with Crippen molar-refractivity contribution in [2.24, 2.45) is 0 Å². The van der Waals surface area contributed by atoms with Crippen LogP contribution in [0.5, 0.6) is 0 Å². The zero-order valence-electron chi connectivity index (χ0n) is 12.6. The van der Waals surface area contributed by atoms with Gasteiger partial charge in [0.25, 0.3) is 0 Å². The molecule has 2 aliphatic rings. The molecule has 19 heavy (non-hydrogen) atoms. The highest BCUT2D eigenvalue weighted by Crippen LogP contribution is 2.16. The Morgan fingerprint density at radius 2 is 1.11 bits per heavy atom. The lowest BCUT2D eigenvalue weighted by Crippen LogP contribution is -3.00. The second-order valence-corrected chi connectivity index (χ2v) is 6.95. The van der Waals surface area contributed by atoms with Crippen molar-refractivity contribution in [2.75, 3.05) is 67.6 Å². The largest absolute Gasteiger partial charge is 1.00 e. The molecule has 4 nitrogen and oxygen atoms in total. The Morgan fingerprint density at radius 3 is 1.37 bits per heavy atom. The minimum absolute atomic E-state index is 0.